The van der Waals surface area contributed by atoms with Crippen LogP contribution in [0.3, 0.4) is 0 Å². The van der Waals surface area contributed by atoms with Crippen LogP contribution in [0.4, 0.5) is 0 Å². The lowest BCUT2D eigenvalue weighted by Crippen LogP contribution is -1.99. The molecule has 1 heteroatoms. The number of hydrogen-bond donors (Lipinski definition) is 0. The number of hydrogen-bond acceptors (Lipinski definition) is 1. The van der Waals surface area contributed by atoms with Crippen molar-refractivity contribution in [3.8, 4) is 6.07 Å². The van der Waals surface area contributed by atoms with Gasteiger partial charge in [0, 0.05) is 0 Å². The fraction of sp³-hybridized carbons (Fsp3) is 0.133. The third-order valence-electron chi connectivity index (χ3n) is 2.64. The molecule has 0 N–H and O–H groups in total. The Morgan fingerprint density at radius 3 is 2.00 bits per heavy atom. The molecule has 2 aromatic carbocycles. The first-order valence-corrected chi connectivity index (χ1v) is 5.38. The van der Waals surface area contributed by atoms with Crippen LogP contribution < -0.4 is 0 Å². The Kier molecular flexibility index (Phi) is 3.35. The van der Waals surface area contributed by atoms with Crippen LogP contribution in [0.25, 0.3) is 0 Å². The topological polar surface area (TPSA) is 23.8 Å². The Morgan fingerprint density at radius 2 is 1.44 bits per heavy atom. The quantitative estimate of drug-likeness (QED) is 0.755. The summed E-state index contributed by atoms with van der Waals surface area (Å²) in [6, 6.07) is 22.5. The highest BCUT2D eigenvalue weighted by molar-refractivity contribution is 5.28. The Morgan fingerprint density at radius 1 is 0.875 bits per heavy atom. The number of nitrogens with zero attached hydrogens (tertiary/aromatic N) is 1. The van der Waals surface area contributed by atoms with E-state index in [0.717, 1.165) is 12.0 Å². The summed E-state index contributed by atoms with van der Waals surface area (Å²) in [5, 5.41) is 9.19. The molecule has 1 nitrogen and oxygen atoms in total. The molecule has 78 valence electrons. The lowest BCUT2D eigenvalue weighted by atomic mass is 9.93. The van der Waals surface area contributed by atoms with Crippen LogP contribution >= 0.6 is 0 Å². The third kappa shape index (κ3) is 2.49. The molecule has 0 spiro atoms. The molecule has 16 heavy (non-hydrogen) atoms. The van der Waals surface area contributed by atoms with Crippen molar-refractivity contribution in [3.63, 3.8) is 0 Å². The maximum Gasteiger partial charge on any atom is 0.0753 e. The van der Waals surface area contributed by atoms with Crippen molar-refractivity contribution in [1.82, 2.24) is 0 Å². The minimum atomic E-state index is -0.0522. The summed E-state index contributed by atoms with van der Waals surface area (Å²) < 4.78 is 0. The van der Waals surface area contributed by atoms with Crippen LogP contribution in [0.2, 0.25) is 0 Å². The van der Waals surface area contributed by atoms with Crippen LogP contribution in [0.5, 0.6) is 0 Å². The van der Waals surface area contributed by atoms with Crippen molar-refractivity contribution in [2.75, 3.05) is 0 Å². The van der Waals surface area contributed by atoms with E-state index < -0.39 is 0 Å². The monoisotopic (exact) mass is 207 g/mol. The standard InChI is InChI=1S/C15H13N/c16-12-15(14-9-5-2-6-10-14)11-13-7-3-1-4-8-13/h1-10,15H,11H2/t15-/m1/s1. The smallest absolute Gasteiger partial charge is 0.0753 e. The van der Waals surface area contributed by atoms with Gasteiger partial charge in [-0.25, -0.2) is 0 Å². The second kappa shape index (κ2) is 5.14. The fourth-order valence-corrected chi connectivity index (χ4v) is 1.77. The molecule has 0 heterocycles. The first kappa shape index (κ1) is 10.4. The Balaban J connectivity index is 2.17. The summed E-state index contributed by atoms with van der Waals surface area (Å²) in [6.45, 7) is 0. The van der Waals surface area contributed by atoms with E-state index in [9.17, 15) is 5.26 Å². The van der Waals surface area contributed by atoms with E-state index in [-0.39, 0.29) is 5.92 Å². The number of rotatable bonds is 3. The van der Waals surface area contributed by atoms with Crippen LogP contribution in [-0.2, 0) is 6.42 Å². The van der Waals surface area contributed by atoms with Gasteiger partial charge in [0.1, 0.15) is 0 Å². The molecular weight excluding hydrogens is 194 g/mol. The predicted molar refractivity (Wildman–Crippen MR) is 64.9 cm³/mol. The normalized spacial score (nSPS) is 11.7. The van der Waals surface area contributed by atoms with Gasteiger partial charge in [-0.05, 0) is 17.5 Å². The fourth-order valence-electron chi connectivity index (χ4n) is 1.77. The van der Waals surface area contributed by atoms with E-state index in [0.29, 0.717) is 0 Å². The molecule has 2 rings (SSSR count). The molecule has 0 aliphatic carbocycles. The molecule has 0 saturated carbocycles. The minimum absolute atomic E-state index is 0.0522. The van der Waals surface area contributed by atoms with Gasteiger partial charge in [-0.1, -0.05) is 60.7 Å². The van der Waals surface area contributed by atoms with Gasteiger partial charge in [0.25, 0.3) is 0 Å². The average molecular weight is 207 g/mol. The zero-order valence-corrected chi connectivity index (χ0v) is 9.01. The zero-order valence-electron chi connectivity index (χ0n) is 9.01. The van der Waals surface area contributed by atoms with E-state index in [4.69, 9.17) is 0 Å². The highest BCUT2D eigenvalue weighted by Gasteiger charge is 2.10. The average Bonchev–Trinajstić information content (AvgIpc) is 2.38. The first-order valence-electron chi connectivity index (χ1n) is 5.38. The molecule has 0 aromatic heterocycles. The van der Waals surface area contributed by atoms with Crippen LogP contribution in [-0.4, -0.2) is 0 Å². The highest BCUT2D eigenvalue weighted by atomic mass is 14.3. The van der Waals surface area contributed by atoms with Crippen molar-refractivity contribution in [1.29, 1.82) is 5.26 Å². The Bertz CT molecular complexity index is 468. The molecule has 0 amide bonds. The van der Waals surface area contributed by atoms with Crippen LogP contribution in [0.1, 0.15) is 17.0 Å². The second-order valence-corrected chi connectivity index (χ2v) is 3.78. The maximum atomic E-state index is 9.19. The SMILES string of the molecule is N#C[C@@H](Cc1ccccc1)c1ccccc1. The van der Waals surface area contributed by atoms with Crippen molar-refractivity contribution in [2.24, 2.45) is 0 Å². The first-order chi connectivity index (χ1) is 7.90. The molecule has 0 fully saturated rings. The third-order valence-corrected chi connectivity index (χ3v) is 2.64. The van der Waals surface area contributed by atoms with Gasteiger partial charge in [0.2, 0.25) is 0 Å². The molecular formula is C15H13N. The van der Waals surface area contributed by atoms with Gasteiger partial charge >= 0.3 is 0 Å². The molecule has 0 radical (unpaired) electrons. The highest BCUT2D eigenvalue weighted by Crippen LogP contribution is 2.19. The van der Waals surface area contributed by atoms with E-state index in [1.807, 2.05) is 48.5 Å². The van der Waals surface area contributed by atoms with Gasteiger partial charge in [-0.15, -0.1) is 0 Å². The van der Waals surface area contributed by atoms with Crippen molar-refractivity contribution < 1.29 is 0 Å². The van der Waals surface area contributed by atoms with E-state index in [1.54, 1.807) is 0 Å². The van der Waals surface area contributed by atoms with Gasteiger partial charge < -0.3 is 0 Å². The molecule has 0 unspecified atom stereocenters. The maximum absolute atomic E-state index is 9.19. The van der Waals surface area contributed by atoms with Crippen LogP contribution in [0, 0.1) is 11.3 Å². The molecule has 0 bridgehead atoms. The van der Waals surface area contributed by atoms with Gasteiger partial charge in [0.15, 0.2) is 0 Å². The van der Waals surface area contributed by atoms with Gasteiger partial charge in [-0.2, -0.15) is 5.26 Å². The number of benzene rings is 2. The summed E-state index contributed by atoms with van der Waals surface area (Å²) in [5.41, 5.74) is 2.30. The molecule has 2 aromatic rings. The second-order valence-electron chi connectivity index (χ2n) is 3.78. The van der Waals surface area contributed by atoms with Gasteiger partial charge in [-0.3, -0.25) is 0 Å². The predicted octanol–water partition coefficient (Wildman–Crippen LogP) is 3.54. The lowest BCUT2D eigenvalue weighted by molar-refractivity contribution is 0.849. The van der Waals surface area contributed by atoms with Crippen molar-refractivity contribution >= 4 is 0 Å². The van der Waals surface area contributed by atoms with Crippen molar-refractivity contribution in [2.45, 2.75) is 12.3 Å². The summed E-state index contributed by atoms with van der Waals surface area (Å²) in [7, 11) is 0. The summed E-state index contributed by atoms with van der Waals surface area (Å²) in [6.07, 6.45) is 0.779. The molecule has 0 saturated heterocycles. The van der Waals surface area contributed by atoms with Gasteiger partial charge in [0.05, 0.1) is 12.0 Å². The van der Waals surface area contributed by atoms with Crippen molar-refractivity contribution in [3.05, 3.63) is 71.8 Å². The summed E-state index contributed by atoms with van der Waals surface area (Å²) in [4.78, 5) is 0. The molecule has 0 aliphatic heterocycles. The lowest BCUT2D eigenvalue weighted by Gasteiger charge is -2.08. The van der Waals surface area contributed by atoms with E-state index in [2.05, 4.69) is 18.2 Å². The molecule has 1 atom stereocenters. The van der Waals surface area contributed by atoms with E-state index >= 15 is 0 Å². The zero-order chi connectivity index (χ0) is 11.2. The molecule has 0 aliphatic rings. The number of nitriles is 1. The Hall–Kier alpha value is -2.07. The summed E-state index contributed by atoms with van der Waals surface area (Å²) in [5.74, 6) is -0.0522. The largest absolute Gasteiger partial charge is 0.198 e. The minimum Gasteiger partial charge on any atom is -0.198 e. The Labute approximate surface area is 96.0 Å². The van der Waals surface area contributed by atoms with E-state index in [1.165, 1.54) is 5.56 Å². The summed E-state index contributed by atoms with van der Waals surface area (Å²) >= 11 is 0. The van der Waals surface area contributed by atoms with Crippen LogP contribution in [0.15, 0.2) is 60.7 Å².